The second-order valence-corrected chi connectivity index (χ2v) is 6.50. The normalized spacial score (nSPS) is 14.8. The molecule has 2 aromatic rings. The van der Waals surface area contributed by atoms with Crippen LogP contribution in [-0.2, 0) is 0 Å². The Kier molecular flexibility index (Phi) is 7.29. The minimum absolute atomic E-state index is 0. The standard InChI is InChI=1S/C18H22ClN3O2.ClH/c1-2-10-22(15-6-8-20-9-7-15)18(23)17-12-16(21-24-17)13-4-3-5-14(19)11-13;/h3-5,11-12,15,20H,2,6-10H2,1H3;1H. The molecule has 25 heavy (non-hydrogen) atoms. The van der Waals surface area contributed by atoms with Crippen LogP contribution in [0.15, 0.2) is 34.9 Å². The average Bonchev–Trinajstić information content (AvgIpc) is 3.10. The molecule has 3 rings (SSSR count). The van der Waals surface area contributed by atoms with E-state index < -0.39 is 0 Å². The SMILES string of the molecule is CCCN(C(=O)c1cc(-c2cccc(Cl)c2)no1)C1CCNCC1.Cl. The second-order valence-electron chi connectivity index (χ2n) is 6.07. The van der Waals surface area contributed by atoms with Gasteiger partial charge in [-0.1, -0.05) is 35.8 Å². The van der Waals surface area contributed by atoms with Crippen LogP contribution in [0.25, 0.3) is 11.3 Å². The van der Waals surface area contributed by atoms with Gasteiger partial charge in [0.2, 0.25) is 5.76 Å². The van der Waals surface area contributed by atoms with E-state index in [0.29, 0.717) is 10.7 Å². The third kappa shape index (κ3) is 4.75. The minimum atomic E-state index is -0.0791. The number of benzene rings is 1. The molecule has 1 fully saturated rings. The summed E-state index contributed by atoms with van der Waals surface area (Å²) < 4.78 is 5.34. The van der Waals surface area contributed by atoms with Gasteiger partial charge in [-0.25, -0.2) is 0 Å². The van der Waals surface area contributed by atoms with Gasteiger partial charge in [0.25, 0.3) is 5.91 Å². The van der Waals surface area contributed by atoms with Gasteiger partial charge in [-0.2, -0.15) is 0 Å². The van der Waals surface area contributed by atoms with Gasteiger partial charge in [0.15, 0.2) is 0 Å². The van der Waals surface area contributed by atoms with Crippen LogP contribution < -0.4 is 5.32 Å². The van der Waals surface area contributed by atoms with E-state index in [9.17, 15) is 4.79 Å². The smallest absolute Gasteiger partial charge is 0.292 e. The molecule has 1 aliphatic heterocycles. The van der Waals surface area contributed by atoms with Crippen molar-refractivity contribution in [2.45, 2.75) is 32.2 Å². The monoisotopic (exact) mass is 383 g/mol. The van der Waals surface area contributed by atoms with E-state index in [1.165, 1.54) is 0 Å². The Balaban J connectivity index is 0.00000225. The first-order valence-corrected chi connectivity index (χ1v) is 8.81. The van der Waals surface area contributed by atoms with Crippen LogP contribution in [0.4, 0.5) is 0 Å². The molecule has 0 radical (unpaired) electrons. The highest BCUT2D eigenvalue weighted by atomic mass is 35.5. The van der Waals surface area contributed by atoms with Crippen molar-refractivity contribution in [1.29, 1.82) is 0 Å². The summed E-state index contributed by atoms with van der Waals surface area (Å²) in [5.41, 5.74) is 1.47. The van der Waals surface area contributed by atoms with Crippen molar-refractivity contribution in [3.63, 3.8) is 0 Å². The summed E-state index contributed by atoms with van der Waals surface area (Å²) in [5, 5.41) is 8.01. The molecule has 0 spiro atoms. The lowest BCUT2D eigenvalue weighted by Gasteiger charge is -2.33. The van der Waals surface area contributed by atoms with Gasteiger partial charge in [0.1, 0.15) is 5.69 Å². The zero-order valence-corrected chi connectivity index (χ0v) is 15.8. The maximum atomic E-state index is 12.9. The van der Waals surface area contributed by atoms with Gasteiger partial charge in [-0.15, -0.1) is 12.4 Å². The fourth-order valence-corrected chi connectivity index (χ4v) is 3.30. The van der Waals surface area contributed by atoms with Gasteiger partial charge in [0.05, 0.1) is 0 Å². The summed E-state index contributed by atoms with van der Waals surface area (Å²) in [6.45, 7) is 4.71. The zero-order chi connectivity index (χ0) is 16.9. The predicted octanol–water partition coefficient (Wildman–Crippen LogP) is 4.02. The maximum absolute atomic E-state index is 12.9. The number of carbonyl (C=O) groups excluding carboxylic acids is 1. The molecule has 1 aromatic heterocycles. The van der Waals surface area contributed by atoms with Gasteiger partial charge >= 0.3 is 0 Å². The molecule has 1 amide bonds. The van der Waals surface area contributed by atoms with Gasteiger partial charge < -0.3 is 14.7 Å². The fraction of sp³-hybridized carbons (Fsp3) is 0.444. The van der Waals surface area contributed by atoms with Crippen molar-refractivity contribution in [3.8, 4) is 11.3 Å². The van der Waals surface area contributed by atoms with Crippen LogP contribution in [0.5, 0.6) is 0 Å². The van der Waals surface area contributed by atoms with Gasteiger partial charge in [0, 0.05) is 29.2 Å². The lowest BCUT2D eigenvalue weighted by molar-refractivity contribution is 0.0600. The number of hydrogen-bond acceptors (Lipinski definition) is 4. The molecule has 1 aromatic carbocycles. The Morgan fingerprint density at radius 3 is 2.80 bits per heavy atom. The van der Waals surface area contributed by atoms with Gasteiger partial charge in [-0.05, 0) is 44.5 Å². The van der Waals surface area contributed by atoms with Crippen LogP contribution in [0, 0.1) is 0 Å². The third-order valence-electron chi connectivity index (χ3n) is 4.32. The molecular formula is C18H23Cl2N3O2. The second kappa shape index (κ2) is 9.22. The molecule has 1 N–H and O–H groups in total. The first kappa shape index (κ1) is 19.8. The lowest BCUT2D eigenvalue weighted by atomic mass is 10.0. The van der Waals surface area contributed by atoms with Crippen LogP contribution in [0.2, 0.25) is 5.02 Å². The molecule has 0 saturated carbocycles. The van der Waals surface area contributed by atoms with Gasteiger partial charge in [-0.3, -0.25) is 4.79 Å². The van der Waals surface area contributed by atoms with Crippen molar-refractivity contribution in [3.05, 3.63) is 41.1 Å². The van der Waals surface area contributed by atoms with Crippen LogP contribution in [0.3, 0.4) is 0 Å². The van der Waals surface area contributed by atoms with E-state index in [1.54, 1.807) is 12.1 Å². The molecule has 5 nitrogen and oxygen atoms in total. The van der Waals surface area contributed by atoms with E-state index >= 15 is 0 Å². The molecule has 1 aliphatic rings. The molecule has 1 saturated heterocycles. The summed E-state index contributed by atoms with van der Waals surface area (Å²) >= 11 is 6.02. The first-order chi connectivity index (χ1) is 11.7. The number of nitrogens with zero attached hydrogens (tertiary/aromatic N) is 2. The van der Waals surface area contributed by atoms with Crippen LogP contribution in [0.1, 0.15) is 36.7 Å². The first-order valence-electron chi connectivity index (χ1n) is 8.43. The van der Waals surface area contributed by atoms with E-state index in [1.807, 2.05) is 23.1 Å². The maximum Gasteiger partial charge on any atom is 0.292 e. The average molecular weight is 384 g/mol. The Bertz CT molecular complexity index is 699. The summed E-state index contributed by atoms with van der Waals surface area (Å²) in [4.78, 5) is 14.8. The van der Waals surface area contributed by atoms with E-state index in [2.05, 4.69) is 17.4 Å². The summed E-state index contributed by atoms with van der Waals surface area (Å²) in [6.07, 6.45) is 2.87. The van der Waals surface area contributed by atoms with Crippen molar-refractivity contribution in [2.24, 2.45) is 0 Å². The number of nitrogens with one attached hydrogen (secondary N) is 1. The fourth-order valence-electron chi connectivity index (χ4n) is 3.11. The highest BCUT2D eigenvalue weighted by Gasteiger charge is 2.28. The number of hydrogen-bond donors (Lipinski definition) is 1. The van der Waals surface area contributed by atoms with E-state index in [-0.39, 0.29) is 30.1 Å². The highest BCUT2D eigenvalue weighted by molar-refractivity contribution is 6.30. The molecule has 2 heterocycles. The predicted molar refractivity (Wildman–Crippen MR) is 101 cm³/mol. The molecule has 136 valence electrons. The van der Waals surface area contributed by atoms with Crippen LogP contribution >= 0.6 is 24.0 Å². The Hall–Kier alpha value is -1.56. The molecular weight excluding hydrogens is 361 g/mol. The summed E-state index contributed by atoms with van der Waals surface area (Å²) in [7, 11) is 0. The molecule has 7 heteroatoms. The van der Waals surface area contributed by atoms with Crippen molar-refractivity contribution in [1.82, 2.24) is 15.4 Å². The number of rotatable bonds is 5. The summed E-state index contributed by atoms with van der Waals surface area (Å²) in [5.74, 6) is 0.210. The zero-order valence-electron chi connectivity index (χ0n) is 14.2. The highest BCUT2D eigenvalue weighted by Crippen LogP contribution is 2.24. The number of aromatic nitrogens is 1. The van der Waals surface area contributed by atoms with Crippen molar-refractivity contribution < 1.29 is 9.32 Å². The van der Waals surface area contributed by atoms with Crippen LogP contribution in [-0.4, -0.2) is 41.6 Å². The largest absolute Gasteiger partial charge is 0.350 e. The molecule has 0 unspecified atom stereocenters. The number of amides is 1. The minimum Gasteiger partial charge on any atom is -0.350 e. The van der Waals surface area contributed by atoms with E-state index in [4.69, 9.17) is 16.1 Å². The van der Waals surface area contributed by atoms with E-state index in [0.717, 1.165) is 44.5 Å². The Morgan fingerprint density at radius 2 is 2.12 bits per heavy atom. The van der Waals surface area contributed by atoms with Crippen molar-refractivity contribution >= 4 is 29.9 Å². The third-order valence-corrected chi connectivity index (χ3v) is 4.55. The molecule has 0 atom stereocenters. The quantitative estimate of drug-likeness (QED) is 0.846. The Morgan fingerprint density at radius 1 is 1.36 bits per heavy atom. The number of carbonyl (C=O) groups is 1. The number of piperidine rings is 1. The molecule has 0 bridgehead atoms. The lowest BCUT2D eigenvalue weighted by Crippen LogP contribution is -2.46. The topological polar surface area (TPSA) is 58.4 Å². The molecule has 0 aliphatic carbocycles. The van der Waals surface area contributed by atoms with Crippen molar-refractivity contribution in [2.75, 3.05) is 19.6 Å². The number of halogens is 2. The Labute approximate surface area is 159 Å². The summed E-state index contributed by atoms with van der Waals surface area (Å²) in [6, 6.07) is 9.33.